The normalized spacial score (nSPS) is 21.2. The molecule has 4 rings (SSSR count). The second-order valence-corrected chi connectivity index (χ2v) is 8.70. The first-order valence-electron chi connectivity index (χ1n) is 10.6. The maximum atomic E-state index is 13.4. The summed E-state index contributed by atoms with van der Waals surface area (Å²) in [5.74, 6) is -1.79. The van der Waals surface area contributed by atoms with E-state index in [1.54, 1.807) is 0 Å². The van der Waals surface area contributed by atoms with Crippen LogP contribution in [0, 0.1) is 5.92 Å². The van der Waals surface area contributed by atoms with Gasteiger partial charge in [-0.25, -0.2) is 8.78 Å². The van der Waals surface area contributed by atoms with Crippen LogP contribution in [-0.4, -0.2) is 67.5 Å². The molecule has 2 aromatic heterocycles. The maximum Gasteiger partial charge on any atom is 0.270 e. The van der Waals surface area contributed by atoms with Gasteiger partial charge in [0.15, 0.2) is 17.9 Å². The van der Waals surface area contributed by atoms with E-state index in [1.807, 2.05) is 13.8 Å². The number of carbonyl (C=O) groups is 2. The highest BCUT2D eigenvalue weighted by Gasteiger charge is 2.35. The Balaban J connectivity index is 1.74. The van der Waals surface area contributed by atoms with Crippen LogP contribution in [0.15, 0.2) is 17.1 Å². The lowest BCUT2D eigenvalue weighted by Gasteiger charge is -2.15. The molecule has 0 radical (unpaired) electrons. The number of aromatic nitrogens is 3. The number of rotatable bonds is 6. The third kappa shape index (κ3) is 4.11. The van der Waals surface area contributed by atoms with Crippen molar-refractivity contribution in [1.29, 1.82) is 0 Å². The summed E-state index contributed by atoms with van der Waals surface area (Å²) in [6.07, 6.45) is 2.10. The minimum atomic E-state index is -1.71. The molecule has 2 aromatic rings. The summed E-state index contributed by atoms with van der Waals surface area (Å²) in [4.78, 5) is 39.2. The molecule has 1 saturated carbocycles. The van der Waals surface area contributed by atoms with Gasteiger partial charge in [-0.05, 0) is 24.8 Å². The lowest BCUT2D eigenvalue weighted by atomic mass is 10.2. The topological polar surface area (TPSA) is 109 Å². The van der Waals surface area contributed by atoms with Gasteiger partial charge >= 0.3 is 0 Å². The second-order valence-electron chi connectivity index (χ2n) is 8.70. The number of likely N-dealkylation sites (tertiary alicyclic amines) is 1. The van der Waals surface area contributed by atoms with Crippen molar-refractivity contribution >= 4 is 23.5 Å². The quantitative estimate of drug-likeness (QED) is 0.646. The Bertz CT molecular complexity index is 1140. The van der Waals surface area contributed by atoms with Gasteiger partial charge in [0.25, 0.3) is 11.5 Å². The van der Waals surface area contributed by atoms with Gasteiger partial charge in [-0.3, -0.25) is 19.0 Å². The predicted octanol–water partition coefficient (Wildman–Crippen LogP) is 1.28. The number of nitrogens with zero attached hydrogens (tertiary/aromatic N) is 4. The van der Waals surface area contributed by atoms with Gasteiger partial charge < -0.3 is 15.3 Å². The van der Waals surface area contributed by atoms with Crippen molar-refractivity contribution < 1.29 is 23.5 Å². The largest absolute Gasteiger partial charge is 0.492 e. The van der Waals surface area contributed by atoms with Crippen molar-refractivity contribution in [3.63, 3.8) is 0 Å². The molecule has 0 bridgehead atoms. The van der Waals surface area contributed by atoms with Crippen molar-refractivity contribution in [2.24, 2.45) is 5.92 Å². The fourth-order valence-electron chi connectivity index (χ4n) is 3.72. The highest BCUT2D eigenvalue weighted by molar-refractivity contribution is 5.97. The molecule has 2 fully saturated rings. The van der Waals surface area contributed by atoms with Crippen molar-refractivity contribution in [3.05, 3.63) is 33.8 Å². The van der Waals surface area contributed by atoms with Crippen LogP contribution in [0.5, 0.6) is 5.88 Å². The van der Waals surface area contributed by atoms with Gasteiger partial charge in [0.05, 0.1) is 19.3 Å². The smallest absolute Gasteiger partial charge is 0.270 e. The van der Waals surface area contributed by atoms with Crippen LogP contribution in [0.1, 0.15) is 42.6 Å². The van der Waals surface area contributed by atoms with Crippen LogP contribution < -0.4 is 10.9 Å². The summed E-state index contributed by atoms with van der Waals surface area (Å²) in [6.45, 7) is 3.38. The number of aromatic hydroxyl groups is 1. The minimum absolute atomic E-state index is 0.00361. The minimum Gasteiger partial charge on any atom is -0.492 e. The van der Waals surface area contributed by atoms with Crippen LogP contribution in [0.4, 0.5) is 8.78 Å². The first kappa shape index (κ1) is 22.0. The SMILES string of the molecule is CC(C)Cn1c(=O)c(C(=O)NC2CC2)c(O)n2ncc(/C=C/C(=O)N3C[C@@H](F)[C@@H](F)C3)c12. The first-order valence-corrected chi connectivity index (χ1v) is 10.6. The van der Waals surface area contributed by atoms with E-state index in [2.05, 4.69) is 10.4 Å². The molecule has 9 nitrogen and oxygen atoms in total. The highest BCUT2D eigenvalue weighted by Crippen LogP contribution is 2.24. The molecule has 3 heterocycles. The monoisotopic (exact) mass is 449 g/mol. The molecule has 2 aliphatic rings. The van der Waals surface area contributed by atoms with E-state index in [0.717, 1.165) is 28.3 Å². The number of amides is 2. The van der Waals surface area contributed by atoms with Crippen molar-refractivity contribution in [2.75, 3.05) is 13.1 Å². The fourth-order valence-corrected chi connectivity index (χ4v) is 3.72. The standard InChI is InChI=1S/C21H25F2N5O4/c1-11(2)8-27-19-12(3-6-16(29)26-9-14(22)15(23)10-26)7-24-28(19)21(32)17(20(27)31)18(30)25-13-4-5-13/h3,6-7,11,13-15,32H,4-5,8-10H2,1-2H3,(H,25,30)/b6-3+/t14-,15+. The van der Waals surface area contributed by atoms with Gasteiger partial charge in [0, 0.05) is 24.2 Å². The van der Waals surface area contributed by atoms with Gasteiger partial charge in [0.2, 0.25) is 11.8 Å². The van der Waals surface area contributed by atoms with Crippen LogP contribution in [-0.2, 0) is 11.3 Å². The van der Waals surface area contributed by atoms with E-state index in [0.29, 0.717) is 5.56 Å². The Morgan fingerprint density at radius 1 is 1.28 bits per heavy atom. The molecule has 1 aliphatic heterocycles. The third-order valence-corrected chi connectivity index (χ3v) is 5.50. The Morgan fingerprint density at radius 2 is 1.94 bits per heavy atom. The molecule has 2 atom stereocenters. The lowest BCUT2D eigenvalue weighted by Crippen LogP contribution is -2.36. The molecule has 32 heavy (non-hydrogen) atoms. The summed E-state index contributed by atoms with van der Waals surface area (Å²) >= 11 is 0. The molecule has 11 heteroatoms. The zero-order chi connectivity index (χ0) is 23.2. The van der Waals surface area contributed by atoms with E-state index < -0.39 is 35.6 Å². The van der Waals surface area contributed by atoms with Crippen molar-refractivity contribution in [3.8, 4) is 5.88 Å². The summed E-state index contributed by atoms with van der Waals surface area (Å²) in [5.41, 5.74) is -0.502. The third-order valence-electron chi connectivity index (χ3n) is 5.50. The highest BCUT2D eigenvalue weighted by atomic mass is 19.2. The molecule has 172 valence electrons. The number of alkyl halides is 2. The van der Waals surface area contributed by atoms with Crippen molar-refractivity contribution in [1.82, 2.24) is 24.4 Å². The van der Waals surface area contributed by atoms with Crippen LogP contribution in [0.2, 0.25) is 0 Å². The average molecular weight is 449 g/mol. The Labute approximate surface area is 182 Å². The van der Waals surface area contributed by atoms with Crippen LogP contribution in [0.25, 0.3) is 11.7 Å². The predicted molar refractivity (Wildman–Crippen MR) is 112 cm³/mol. The number of hydrogen-bond donors (Lipinski definition) is 2. The zero-order valence-corrected chi connectivity index (χ0v) is 17.8. The summed E-state index contributed by atoms with van der Waals surface area (Å²) in [5, 5.41) is 17.5. The molecule has 0 aromatic carbocycles. The number of halogens is 2. The number of carbonyl (C=O) groups excluding carboxylic acids is 2. The van der Waals surface area contributed by atoms with Gasteiger partial charge in [0.1, 0.15) is 5.65 Å². The van der Waals surface area contributed by atoms with Crippen molar-refractivity contribution in [2.45, 2.75) is 51.6 Å². The molecular weight excluding hydrogens is 424 g/mol. The zero-order valence-electron chi connectivity index (χ0n) is 17.8. The Kier molecular flexibility index (Phi) is 5.74. The second kappa shape index (κ2) is 8.36. The van der Waals surface area contributed by atoms with Crippen LogP contribution in [0.3, 0.4) is 0 Å². The van der Waals surface area contributed by atoms with Crippen LogP contribution >= 0.6 is 0 Å². The molecule has 2 amide bonds. The van der Waals surface area contributed by atoms with E-state index in [-0.39, 0.29) is 42.8 Å². The van der Waals surface area contributed by atoms with E-state index in [1.165, 1.54) is 16.8 Å². The summed E-state index contributed by atoms with van der Waals surface area (Å²) < 4.78 is 29.2. The first-order chi connectivity index (χ1) is 15.2. The summed E-state index contributed by atoms with van der Waals surface area (Å²) in [6, 6.07) is -0.00361. The van der Waals surface area contributed by atoms with Gasteiger partial charge in [-0.15, -0.1) is 0 Å². The number of nitrogens with one attached hydrogen (secondary N) is 1. The Hall–Kier alpha value is -3.24. The summed E-state index contributed by atoms with van der Waals surface area (Å²) in [7, 11) is 0. The van der Waals surface area contributed by atoms with E-state index in [4.69, 9.17) is 0 Å². The van der Waals surface area contributed by atoms with Gasteiger partial charge in [-0.1, -0.05) is 13.8 Å². The maximum absolute atomic E-state index is 13.4. The molecule has 0 spiro atoms. The lowest BCUT2D eigenvalue weighted by molar-refractivity contribution is -0.125. The average Bonchev–Trinajstić information content (AvgIpc) is 3.32. The number of fused-ring (bicyclic) bond motifs is 1. The molecular formula is C21H25F2N5O4. The fraction of sp³-hybridized carbons (Fsp3) is 0.524. The van der Waals surface area contributed by atoms with Gasteiger partial charge in [-0.2, -0.15) is 9.61 Å². The molecule has 0 unspecified atom stereocenters. The molecule has 1 saturated heterocycles. The Morgan fingerprint density at radius 3 is 2.53 bits per heavy atom. The van der Waals surface area contributed by atoms with E-state index >= 15 is 0 Å². The number of hydrogen-bond acceptors (Lipinski definition) is 5. The molecule has 1 aliphatic carbocycles. The molecule has 2 N–H and O–H groups in total. The van der Waals surface area contributed by atoms with E-state index in [9.17, 15) is 28.3 Å².